The molecule has 6 nitrogen and oxygen atoms in total. The van der Waals surface area contributed by atoms with Crippen LogP contribution in [-0.2, 0) is 11.2 Å². The van der Waals surface area contributed by atoms with E-state index in [1.54, 1.807) is 36.4 Å². The number of carboxylic acids is 1. The van der Waals surface area contributed by atoms with Gasteiger partial charge in [-0.2, -0.15) is 0 Å². The maximum atomic E-state index is 14.1. The van der Waals surface area contributed by atoms with Gasteiger partial charge in [-0.1, -0.05) is 60.3 Å². The first-order valence-electron chi connectivity index (χ1n) is 12.6. The fraction of sp³-hybridized carbons (Fsp3) is 0.233. The molecular weight excluding hydrogens is 559 g/mol. The van der Waals surface area contributed by atoms with E-state index in [-0.39, 0.29) is 30.6 Å². The highest BCUT2D eigenvalue weighted by atomic mass is 35.5. The van der Waals surface area contributed by atoms with Gasteiger partial charge in [-0.05, 0) is 73.0 Å². The minimum absolute atomic E-state index is 0.0178. The summed E-state index contributed by atoms with van der Waals surface area (Å²) in [5.74, 6) is -1.64. The van der Waals surface area contributed by atoms with Crippen LogP contribution < -0.4 is 5.32 Å². The lowest BCUT2D eigenvalue weighted by molar-refractivity contribution is -0.136. The molecule has 0 aliphatic rings. The number of benzene rings is 3. The molecule has 3 aromatic carbocycles. The Morgan fingerprint density at radius 2 is 1.59 bits per heavy atom. The normalized spacial score (nSPS) is 11.9. The number of hydrogen-bond donors (Lipinski definition) is 2. The van der Waals surface area contributed by atoms with Gasteiger partial charge in [-0.25, -0.2) is 0 Å². The molecule has 0 radical (unpaired) electrons. The fourth-order valence-corrected chi connectivity index (χ4v) is 5.35. The molecule has 1 heterocycles. The highest BCUT2D eigenvalue weighted by Gasteiger charge is 2.25. The van der Waals surface area contributed by atoms with Gasteiger partial charge in [0.2, 0.25) is 0 Å². The molecule has 9 heteroatoms. The van der Waals surface area contributed by atoms with E-state index in [0.29, 0.717) is 44.9 Å². The lowest BCUT2D eigenvalue weighted by Gasteiger charge is -2.18. The van der Waals surface area contributed by atoms with Crippen LogP contribution in [0.15, 0.2) is 66.7 Å². The molecule has 0 saturated heterocycles. The second kappa shape index (κ2) is 12.7. The first kappa shape index (κ1) is 28.7. The number of carboxylic acid groups (broad SMARTS) is 1. The van der Waals surface area contributed by atoms with Crippen LogP contribution in [0.25, 0.3) is 16.6 Å². The molecule has 4 aromatic rings. The lowest BCUT2D eigenvalue weighted by atomic mass is 9.89. The van der Waals surface area contributed by atoms with Crippen LogP contribution in [0.3, 0.4) is 0 Å². The van der Waals surface area contributed by atoms with Gasteiger partial charge in [0.15, 0.2) is 5.78 Å². The standard InChI is InChI=1S/C30H27Cl3N2O4/c1-2-3-20(12-18-4-6-19(7-5-18)30(39)34-11-10-28(36)37)29(38)27-14-21-13-22(31)8-9-26(21)35(27)25-16-23(32)15-24(33)17-25/h4-9,13-17,20H,2-3,10-12H2,1H3,(H,34,39)(H,36,37)/t20-/m1/s1. The van der Waals surface area contributed by atoms with Gasteiger partial charge in [-0.15, -0.1) is 0 Å². The molecule has 0 aliphatic carbocycles. The number of aliphatic carboxylic acids is 1. The molecule has 202 valence electrons. The number of rotatable bonds is 11. The second-order valence-corrected chi connectivity index (χ2v) is 10.7. The molecule has 0 saturated carbocycles. The largest absolute Gasteiger partial charge is 0.481 e. The van der Waals surface area contributed by atoms with Gasteiger partial charge < -0.3 is 15.0 Å². The van der Waals surface area contributed by atoms with Crippen molar-refractivity contribution in [2.75, 3.05) is 6.54 Å². The molecule has 39 heavy (non-hydrogen) atoms. The molecular formula is C30H27Cl3N2O4. The highest BCUT2D eigenvalue weighted by molar-refractivity contribution is 6.35. The first-order valence-corrected chi connectivity index (χ1v) is 13.7. The summed E-state index contributed by atoms with van der Waals surface area (Å²) in [4.78, 5) is 37.0. The number of Topliss-reactive ketones (excluding diaryl/α,β-unsaturated/α-hetero) is 1. The fourth-order valence-electron chi connectivity index (χ4n) is 4.66. The summed E-state index contributed by atoms with van der Waals surface area (Å²) in [5, 5.41) is 13.7. The van der Waals surface area contributed by atoms with Crippen LogP contribution in [0.2, 0.25) is 15.1 Å². The number of amides is 1. The van der Waals surface area contributed by atoms with Crippen molar-refractivity contribution in [1.29, 1.82) is 0 Å². The van der Waals surface area contributed by atoms with E-state index in [4.69, 9.17) is 39.9 Å². The van der Waals surface area contributed by atoms with Crippen molar-refractivity contribution in [2.24, 2.45) is 5.92 Å². The van der Waals surface area contributed by atoms with Gasteiger partial charge in [0, 0.05) is 44.2 Å². The third-order valence-corrected chi connectivity index (χ3v) is 7.12. The molecule has 0 spiro atoms. The smallest absolute Gasteiger partial charge is 0.305 e. The van der Waals surface area contributed by atoms with Crippen molar-refractivity contribution in [2.45, 2.75) is 32.6 Å². The van der Waals surface area contributed by atoms with Crippen molar-refractivity contribution < 1.29 is 19.5 Å². The molecule has 1 amide bonds. The van der Waals surface area contributed by atoms with Crippen LogP contribution in [0.4, 0.5) is 0 Å². The monoisotopic (exact) mass is 584 g/mol. The average molecular weight is 586 g/mol. The summed E-state index contributed by atoms with van der Waals surface area (Å²) in [5.41, 5.74) is 3.35. The van der Waals surface area contributed by atoms with Crippen LogP contribution in [0.1, 0.15) is 52.6 Å². The predicted octanol–water partition coefficient (Wildman–Crippen LogP) is 7.64. The number of hydrogen-bond acceptors (Lipinski definition) is 3. The van der Waals surface area contributed by atoms with Gasteiger partial charge in [-0.3, -0.25) is 14.4 Å². The van der Waals surface area contributed by atoms with Crippen LogP contribution in [0, 0.1) is 5.92 Å². The van der Waals surface area contributed by atoms with E-state index < -0.39 is 5.97 Å². The Bertz CT molecular complexity index is 1510. The predicted molar refractivity (Wildman–Crippen MR) is 156 cm³/mol. The highest BCUT2D eigenvalue weighted by Crippen LogP contribution is 2.32. The number of nitrogens with zero attached hydrogens (tertiary/aromatic N) is 1. The molecule has 0 unspecified atom stereocenters. The average Bonchev–Trinajstić information content (AvgIpc) is 3.26. The SMILES string of the molecule is CCC[C@H](Cc1ccc(C(=O)NCCC(=O)O)cc1)C(=O)c1cc2cc(Cl)ccc2n1-c1cc(Cl)cc(Cl)c1. The summed E-state index contributed by atoms with van der Waals surface area (Å²) in [6, 6.07) is 19.5. The maximum Gasteiger partial charge on any atom is 0.305 e. The van der Waals surface area contributed by atoms with E-state index >= 15 is 0 Å². The summed E-state index contributed by atoms with van der Waals surface area (Å²) in [6.07, 6.45) is 1.84. The molecule has 1 aromatic heterocycles. The second-order valence-electron chi connectivity index (χ2n) is 9.35. The molecule has 4 rings (SSSR count). The molecule has 0 bridgehead atoms. The van der Waals surface area contributed by atoms with E-state index in [2.05, 4.69) is 5.32 Å². The summed E-state index contributed by atoms with van der Waals surface area (Å²) >= 11 is 18.9. The van der Waals surface area contributed by atoms with Crippen molar-refractivity contribution in [3.8, 4) is 5.69 Å². The first-order chi connectivity index (χ1) is 18.7. The zero-order valence-corrected chi connectivity index (χ0v) is 23.5. The Balaban J connectivity index is 1.64. The van der Waals surface area contributed by atoms with Crippen molar-refractivity contribution in [3.05, 3.63) is 98.6 Å². The number of halogens is 3. The van der Waals surface area contributed by atoms with E-state index in [1.807, 2.05) is 41.8 Å². The van der Waals surface area contributed by atoms with Crippen molar-refractivity contribution in [3.63, 3.8) is 0 Å². The van der Waals surface area contributed by atoms with Gasteiger partial charge in [0.05, 0.1) is 17.6 Å². The van der Waals surface area contributed by atoms with Gasteiger partial charge in [0.25, 0.3) is 5.91 Å². The lowest BCUT2D eigenvalue weighted by Crippen LogP contribution is -2.26. The molecule has 2 N–H and O–H groups in total. The van der Waals surface area contributed by atoms with Crippen molar-refractivity contribution in [1.82, 2.24) is 9.88 Å². The van der Waals surface area contributed by atoms with Gasteiger partial charge >= 0.3 is 5.97 Å². The third-order valence-electron chi connectivity index (χ3n) is 6.45. The van der Waals surface area contributed by atoms with Crippen LogP contribution in [-0.4, -0.2) is 33.9 Å². The van der Waals surface area contributed by atoms with Crippen LogP contribution in [0.5, 0.6) is 0 Å². The summed E-state index contributed by atoms with van der Waals surface area (Å²) in [6.45, 7) is 2.09. The molecule has 0 fully saturated rings. The third kappa shape index (κ3) is 7.01. The zero-order chi connectivity index (χ0) is 28.1. The Hall–Kier alpha value is -3.32. The number of carbonyl (C=O) groups is 3. The maximum absolute atomic E-state index is 14.1. The number of nitrogens with one attached hydrogen (secondary N) is 1. The Kier molecular flexibility index (Phi) is 9.33. The Morgan fingerprint density at radius 3 is 2.23 bits per heavy atom. The Labute approximate surface area is 241 Å². The van der Waals surface area contributed by atoms with E-state index in [0.717, 1.165) is 22.9 Å². The molecule has 0 aliphatic heterocycles. The summed E-state index contributed by atoms with van der Waals surface area (Å²) < 4.78 is 1.87. The number of ketones is 1. The Morgan fingerprint density at radius 1 is 0.897 bits per heavy atom. The van der Waals surface area contributed by atoms with E-state index in [1.165, 1.54) is 0 Å². The van der Waals surface area contributed by atoms with E-state index in [9.17, 15) is 14.4 Å². The quantitative estimate of drug-likeness (QED) is 0.177. The molecule has 1 atom stereocenters. The summed E-state index contributed by atoms with van der Waals surface area (Å²) in [7, 11) is 0. The minimum atomic E-state index is -0.974. The number of fused-ring (bicyclic) bond motifs is 1. The minimum Gasteiger partial charge on any atom is -0.481 e. The number of carbonyl (C=O) groups excluding carboxylic acids is 2. The zero-order valence-electron chi connectivity index (χ0n) is 21.2. The topological polar surface area (TPSA) is 88.4 Å². The number of aromatic nitrogens is 1. The van der Waals surface area contributed by atoms with Gasteiger partial charge in [0.1, 0.15) is 0 Å². The van der Waals surface area contributed by atoms with Crippen molar-refractivity contribution >= 4 is 63.4 Å². The van der Waals surface area contributed by atoms with Crippen LogP contribution >= 0.6 is 34.8 Å².